The Morgan fingerprint density at radius 3 is 2.59 bits per heavy atom. The van der Waals surface area contributed by atoms with Crippen LogP contribution in [0.2, 0.25) is 0 Å². The van der Waals surface area contributed by atoms with Crippen molar-refractivity contribution in [2.24, 2.45) is 5.92 Å². The van der Waals surface area contributed by atoms with Gasteiger partial charge in [-0.2, -0.15) is 0 Å². The van der Waals surface area contributed by atoms with Gasteiger partial charge in [-0.05, 0) is 49.8 Å². The molecule has 2 unspecified atom stereocenters. The van der Waals surface area contributed by atoms with Gasteiger partial charge in [-0.25, -0.2) is 4.39 Å². The zero-order chi connectivity index (χ0) is 12.3. The van der Waals surface area contributed by atoms with E-state index in [-0.39, 0.29) is 5.82 Å². The molecule has 0 aromatic heterocycles. The van der Waals surface area contributed by atoms with Gasteiger partial charge in [0.05, 0.1) is 0 Å². The third-order valence-electron chi connectivity index (χ3n) is 3.97. The number of nitrogens with one attached hydrogen (secondary N) is 1. The molecule has 0 radical (unpaired) electrons. The third-order valence-corrected chi connectivity index (χ3v) is 3.97. The van der Waals surface area contributed by atoms with E-state index in [1.54, 1.807) is 0 Å². The van der Waals surface area contributed by atoms with E-state index < -0.39 is 0 Å². The van der Waals surface area contributed by atoms with Crippen LogP contribution in [-0.4, -0.2) is 6.04 Å². The maximum atomic E-state index is 12.8. The Morgan fingerprint density at radius 2 is 2.00 bits per heavy atom. The summed E-state index contributed by atoms with van der Waals surface area (Å²) >= 11 is 0. The summed E-state index contributed by atoms with van der Waals surface area (Å²) in [6, 6.07) is 7.78. The van der Waals surface area contributed by atoms with Crippen LogP contribution in [0.5, 0.6) is 0 Å². The second kappa shape index (κ2) is 5.63. The molecule has 94 valence electrons. The molecule has 1 aromatic carbocycles. The highest BCUT2D eigenvalue weighted by Crippen LogP contribution is 2.29. The van der Waals surface area contributed by atoms with Crippen molar-refractivity contribution in [2.75, 3.05) is 0 Å². The molecule has 0 aliphatic heterocycles. The standard InChI is InChI=1S/C15H22FN/c1-3-12-4-9-15(10-12)17-11(2)13-5-7-14(16)8-6-13/h5-8,11-12,15,17H,3-4,9-10H2,1-2H3/t11-,12?,15?/m1/s1. The number of halogens is 1. The van der Waals surface area contributed by atoms with Crippen molar-refractivity contribution in [2.45, 2.75) is 51.6 Å². The summed E-state index contributed by atoms with van der Waals surface area (Å²) in [4.78, 5) is 0. The molecule has 0 heterocycles. The molecule has 1 aliphatic rings. The Kier molecular flexibility index (Phi) is 4.16. The highest BCUT2D eigenvalue weighted by molar-refractivity contribution is 5.19. The van der Waals surface area contributed by atoms with Gasteiger partial charge < -0.3 is 5.32 Å². The average molecular weight is 235 g/mol. The van der Waals surface area contributed by atoms with Gasteiger partial charge in [0.1, 0.15) is 5.82 Å². The maximum Gasteiger partial charge on any atom is 0.123 e. The smallest absolute Gasteiger partial charge is 0.123 e. The minimum Gasteiger partial charge on any atom is -0.307 e. The number of benzene rings is 1. The predicted octanol–water partition coefficient (Wildman–Crippen LogP) is 4.06. The highest BCUT2D eigenvalue weighted by atomic mass is 19.1. The van der Waals surface area contributed by atoms with Gasteiger partial charge in [0.15, 0.2) is 0 Å². The second-order valence-corrected chi connectivity index (χ2v) is 5.22. The van der Waals surface area contributed by atoms with Crippen molar-refractivity contribution in [1.29, 1.82) is 0 Å². The first-order chi connectivity index (χ1) is 8.19. The fourth-order valence-corrected chi connectivity index (χ4v) is 2.80. The lowest BCUT2D eigenvalue weighted by atomic mass is 10.0. The van der Waals surface area contributed by atoms with Gasteiger partial charge >= 0.3 is 0 Å². The van der Waals surface area contributed by atoms with Crippen LogP contribution in [-0.2, 0) is 0 Å². The van der Waals surface area contributed by atoms with Crippen LogP contribution < -0.4 is 5.32 Å². The minimum atomic E-state index is -0.159. The van der Waals surface area contributed by atoms with E-state index in [2.05, 4.69) is 19.2 Å². The Labute approximate surface area is 103 Å². The van der Waals surface area contributed by atoms with Crippen molar-refractivity contribution >= 4 is 0 Å². The van der Waals surface area contributed by atoms with Crippen molar-refractivity contribution < 1.29 is 4.39 Å². The first kappa shape index (κ1) is 12.6. The van der Waals surface area contributed by atoms with Crippen LogP contribution >= 0.6 is 0 Å². The predicted molar refractivity (Wildman–Crippen MR) is 69.4 cm³/mol. The van der Waals surface area contributed by atoms with Crippen molar-refractivity contribution in [1.82, 2.24) is 5.32 Å². The fourth-order valence-electron chi connectivity index (χ4n) is 2.80. The molecule has 3 atom stereocenters. The van der Waals surface area contributed by atoms with Crippen LogP contribution in [0.15, 0.2) is 24.3 Å². The normalized spacial score (nSPS) is 26.1. The Hall–Kier alpha value is -0.890. The lowest BCUT2D eigenvalue weighted by molar-refractivity contribution is 0.437. The molecule has 1 saturated carbocycles. The molecule has 1 aliphatic carbocycles. The lowest BCUT2D eigenvalue weighted by Gasteiger charge is -2.20. The number of rotatable bonds is 4. The fraction of sp³-hybridized carbons (Fsp3) is 0.600. The van der Waals surface area contributed by atoms with Crippen LogP contribution in [0.4, 0.5) is 4.39 Å². The van der Waals surface area contributed by atoms with E-state index in [4.69, 9.17) is 0 Å². The van der Waals surface area contributed by atoms with Gasteiger partial charge in [-0.1, -0.05) is 25.5 Å². The van der Waals surface area contributed by atoms with Crippen molar-refractivity contribution in [3.63, 3.8) is 0 Å². The SMILES string of the molecule is CCC1CCC(N[C@H](C)c2ccc(F)cc2)C1. The van der Waals surface area contributed by atoms with Gasteiger partial charge in [0.2, 0.25) is 0 Å². The summed E-state index contributed by atoms with van der Waals surface area (Å²) in [5.74, 6) is 0.737. The summed E-state index contributed by atoms with van der Waals surface area (Å²) in [5.41, 5.74) is 1.17. The molecular formula is C15H22FN. The van der Waals surface area contributed by atoms with Crippen LogP contribution in [0.3, 0.4) is 0 Å². The first-order valence-electron chi connectivity index (χ1n) is 6.70. The van der Waals surface area contributed by atoms with Crippen LogP contribution in [0.1, 0.15) is 51.1 Å². The summed E-state index contributed by atoms with van der Waals surface area (Å²) in [7, 11) is 0. The molecule has 2 rings (SSSR count). The van der Waals surface area contributed by atoms with Crippen molar-refractivity contribution in [3.05, 3.63) is 35.6 Å². The summed E-state index contributed by atoms with van der Waals surface area (Å²) in [6.07, 6.45) is 5.22. The van der Waals surface area contributed by atoms with Gasteiger partial charge in [-0.3, -0.25) is 0 Å². The second-order valence-electron chi connectivity index (χ2n) is 5.22. The van der Waals surface area contributed by atoms with E-state index in [0.29, 0.717) is 12.1 Å². The molecule has 17 heavy (non-hydrogen) atoms. The Balaban J connectivity index is 1.89. The van der Waals surface area contributed by atoms with Crippen LogP contribution in [0, 0.1) is 11.7 Å². The number of hydrogen-bond donors (Lipinski definition) is 1. The van der Waals surface area contributed by atoms with E-state index in [1.165, 1.54) is 43.4 Å². The Morgan fingerprint density at radius 1 is 1.29 bits per heavy atom. The third kappa shape index (κ3) is 3.29. The van der Waals surface area contributed by atoms with Gasteiger partial charge in [0.25, 0.3) is 0 Å². The molecule has 0 saturated heterocycles. The number of hydrogen-bond acceptors (Lipinski definition) is 1. The van der Waals surface area contributed by atoms with E-state index in [9.17, 15) is 4.39 Å². The monoisotopic (exact) mass is 235 g/mol. The van der Waals surface area contributed by atoms with E-state index in [1.807, 2.05) is 12.1 Å². The first-order valence-corrected chi connectivity index (χ1v) is 6.70. The minimum absolute atomic E-state index is 0.159. The maximum absolute atomic E-state index is 12.8. The molecule has 0 bridgehead atoms. The van der Waals surface area contributed by atoms with Gasteiger partial charge in [-0.15, -0.1) is 0 Å². The summed E-state index contributed by atoms with van der Waals surface area (Å²) < 4.78 is 12.8. The van der Waals surface area contributed by atoms with Crippen LogP contribution in [0.25, 0.3) is 0 Å². The molecule has 2 heteroatoms. The molecule has 1 fully saturated rings. The average Bonchev–Trinajstić information content (AvgIpc) is 2.77. The molecule has 0 spiro atoms. The molecule has 1 aromatic rings. The van der Waals surface area contributed by atoms with Gasteiger partial charge in [0, 0.05) is 12.1 Å². The van der Waals surface area contributed by atoms with E-state index >= 15 is 0 Å². The highest BCUT2D eigenvalue weighted by Gasteiger charge is 2.24. The molecule has 1 nitrogen and oxygen atoms in total. The Bertz CT molecular complexity index is 346. The lowest BCUT2D eigenvalue weighted by Crippen LogP contribution is -2.29. The summed E-state index contributed by atoms with van der Waals surface area (Å²) in [6.45, 7) is 4.43. The van der Waals surface area contributed by atoms with E-state index in [0.717, 1.165) is 5.92 Å². The largest absolute Gasteiger partial charge is 0.307 e. The molecule has 1 N–H and O–H groups in total. The zero-order valence-corrected chi connectivity index (χ0v) is 10.7. The topological polar surface area (TPSA) is 12.0 Å². The summed E-state index contributed by atoms with van der Waals surface area (Å²) in [5, 5.41) is 3.66. The molecular weight excluding hydrogens is 213 g/mol. The molecule has 0 amide bonds. The quantitative estimate of drug-likeness (QED) is 0.830. The zero-order valence-electron chi connectivity index (χ0n) is 10.7. The van der Waals surface area contributed by atoms with Crippen molar-refractivity contribution in [3.8, 4) is 0 Å².